The molecule has 0 saturated heterocycles. The van der Waals surface area contributed by atoms with Crippen LogP contribution in [-0.4, -0.2) is 44.8 Å². The molecule has 0 unspecified atom stereocenters. The Bertz CT molecular complexity index is 1300. The maximum Gasteiger partial charge on any atom is 0.264 e. The molecule has 7 nitrogen and oxygen atoms in total. The van der Waals surface area contributed by atoms with Gasteiger partial charge < -0.3 is 10.2 Å². The van der Waals surface area contributed by atoms with Crippen LogP contribution in [0.4, 0.5) is 5.69 Å². The van der Waals surface area contributed by atoms with Crippen molar-refractivity contribution >= 4 is 39.1 Å². The summed E-state index contributed by atoms with van der Waals surface area (Å²) >= 11 is 6.32. The summed E-state index contributed by atoms with van der Waals surface area (Å²) in [5.74, 6) is -0.827. The molecule has 0 aliphatic heterocycles. The molecule has 0 heterocycles. The molecule has 0 radical (unpaired) electrons. The van der Waals surface area contributed by atoms with Crippen molar-refractivity contribution in [2.24, 2.45) is 0 Å². The van der Waals surface area contributed by atoms with Crippen LogP contribution in [-0.2, 0) is 26.2 Å². The van der Waals surface area contributed by atoms with Gasteiger partial charge in [0.1, 0.15) is 12.6 Å². The third-order valence-electron chi connectivity index (χ3n) is 5.95. The van der Waals surface area contributed by atoms with E-state index >= 15 is 0 Å². The standard InChI is InChI=1S/C27H30ClN3O4S/c1-4-24(27(33)29-3)30(18-21-12-7-5-8-13-21)26(32)19-31(25-17-11-16-23(28)20(25)2)36(34,35)22-14-9-6-10-15-22/h5-17,24H,4,18-19H2,1-3H3,(H,29,33)/t24-/m0/s1. The number of benzene rings is 3. The molecule has 1 N–H and O–H groups in total. The molecule has 190 valence electrons. The lowest BCUT2D eigenvalue weighted by Crippen LogP contribution is -2.51. The summed E-state index contributed by atoms with van der Waals surface area (Å²) in [6.45, 7) is 3.17. The molecule has 3 aromatic carbocycles. The van der Waals surface area contributed by atoms with Gasteiger partial charge in [-0.2, -0.15) is 0 Å². The maximum absolute atomic E-state index is 13.8. The van der Waals surface area contributed by atoms with E-state index in [0.29, 0.717) is 22.7 Å². The fourth-order valence-electron chi connectivity index (χ4n) is 3.97. The minimum absolute atomic E-state index is 0.0464. The first kappa shape index (κ1) is 27.2. The molecule has 0 spiro atoms. The first-order valence-corrected chi connectivity index (χ1v) is 13.4. The first-order chi connectivity index (χ1) is 17.2. The van der Waals surface area contributed by atoms with Gasteiger partial charge in [0.25, 0.3) is 10.0 Å². The lowest BCUT2D eigenvalue weighted by molar-refractivity contribution is -0.140. The lowest BCUT2D eigenvalue weighted by atomic mass is 10.1. The molecule has 0 aliphatic carbocycles. The molecule has 9 heteroatoms. The minimum atomic E-state index is -4.13. The van der Waals surface area contributed by atoms with E-state index in [-0.39, 0.29) is 17.3 Å². The largest absolute Gasteiger partial charge is 0.357 e. The molecule has 1 atom stereocenters. The van der Waals surface area contributed by atoms with E-state index in [2.05, 4.69) is 5.32 Å². The quantitative estimate of drug-likeness (QED) is 0.423. The number of anilines is 1. The molecule has 2 amide bonds. The highest BCUT2D eigenvalue weighted by atomic mass is 35.5. The van der Waals surface area contributed by atoms with Crippen molar-refractivity contribution in [3.63, 3.8) is 0 Å². The summed E-state index contributed by atoms with van der Waals surface area (Å²) < 4.78 is 28.6. The van der Waals surface area contributed by atoms with Crippen LogP contribution < -0.4 is 9.62 Å². The van der Waals surface area contributed by atoms with Crippen molar-refractivity contribution in [2.75, 3.05) is 17.9 Å². The molecule has 3 rings (SSSR count). The van der Waals surface area contributed by atoms with Gasteiger partial charge in [-0.25, -0.2) is 8.42 Å². The average molecular weight is 528 g/mol. The molecular formula is C27H30ClN3O4S. The average Bonchev–Trinajstić information content (AvgIpc) is 2.89. The van der Waals surface area contributed by atoms with E-state index in [1.165, 1.54) is 24.1 Å². The van der Waals surface area contributed by atoms with Gasteiger partial charge >= 0.3 is 0 Å². The number of halogens is 1. The molecule has 0 fully saturated rings. The van der Waals surface area contributed by atoms with Crippen molar-refractivity contribution in [3.05, 3.63) is 95.0 Å². The SMILES string of the molecule is CC[C@@H](C(=O)NC)N(Cc1ccccc1)C(=O)CN(c1cccc(Cl)c1C)S(=O)(=O)c1ccccc1. The number of carbonyl (C=O) groups excluding carboxylic acids is 2. The zero-order chi connectivity index (χ0) is 26.3. The van der Waals surface area contributed by atoms with Gasteiger partial charge in [0.2, 0.25) is 11.8 Å². The summed E-state index contributed by atoms with van der Waals surface area (Å²) in [4.78, 5) is 28.0. The lowest BCUT2D eigenvalue weighted by Gasteiger charge is -2.33. The van der Waals surface area contributed by atoms with Gasteiger partial charge in [-0.1, -0.05) is 73.1 Å². The highest BCUT2D eigenvalue weighted by Crippen LogP contribution is 2.31. The maximum atomic E-state index is 13.8. The number of hydrogen-bond acceptors (Lipinski definition) is 4. The van der Waals surface area contributed by atoms with E-state index in [1.807, 2.05) is 37.3 Å². The molecular weight excluding hydrogens is 498 g/mol. The van der Waals surface area contributed by atoms with Crippen molar-refractivity contribution in [1.82, 2.24) is 10.2 Å². The third kappa shape index (κ3) is 6.06. The highest BCUT2D eigenvalue weighted by molar-refractivity contribution is 7.92. The minimum Gasteiger partial charge on any atom is -0.357 e. The van der Waals surface area contributed by atoms with Crippen LogP contribution in [0, 0.1) is 6.92 Å². The smallest absolute Gasteiger partial charge is 0.264 e. The van der Waals surface area contributed by atoms with Crippen LogP contribution >= 0.6 is 11.6 Å². The number of sulfonamides is 1. The van der Waals surface area contributed by atoms with E-state index in [9.17, 15) is 18.0 Å². The van der Waals surface area contributed by atoms with Crippen molar-refractivity contribution in [2.45, 2.75) is 37.8 Å². The molecule has 0 aliphatic rings. The van der Waals surface area contributed by atoms with Crippen LogP contribution in [0.15, 0.2) is 83.8 Å². The van der Waals surface area contributed by atoms with Crippen LogP contribution in [0.5, 0.6) is 0 Å². The van der Waals surface area contributed by atoms with Gasteiger partial charge in [-0.3, -0.25) is 13.9 Å². The number of hydrogen-bond donors (Lipinski definition) is 1. The molecule has 3 aromatic rings. The van der Waals surface area contributed by atoms with E-state index in [4.69, 9.17) is 11.6 Å². The van der Waals surface area contributed by atoms with Crippen LogP contribution in [0.3, 0.4) is 0 Å². The normalized spacial score (nSPS) is 12.0. The summed E-state index contributed by atoms with van der Waals surface area (Å²) in [5.41, 5.74) is 1.65. The monoisotopic (exact) mass is 527 g/mol. The number of nitrogens with one attached hydrogen (secondary N) is 1. The second-order valence-electron chi connectivity index (χ2n) is 8.25. The Labute approximate surface area is 217 Å². The second-order valence-corrected chi connectivity index (χ2v) is 10.5. The zero-order valence-corrected chi connectivity index (χ0v) is 22.1. The second kappa shape index (κ2) is 12.1. The Hall–Kier alpha value is -3.36. The topological polar surface area (TPSA) is 86.8 Å². The molecule has 36 heavy (non-hydrogen) atoms. The van der Waals surface area contributed by atoms with Crippen molar-refractivity contribution in [1.29, 1.82) is 0 Å². The van der Waals surface area contributed by atoms with Gasteiger partial charge in [-0.05, 0) is 48.7 Å². The summed E-state index contributed by atoms with van der Waals surface area (Å²) in [5, 5.41) is 2.99. The first-order valence-electron chi connectivity index (χ1n) is 11.6. The van der Waals surface area contributed by atoms with Gasteiger partial charge in [0.05, 0.1) is 10.6 Å². The Morgan fingerprint density at radius 2 is 1.56 bits per heavy atom. The summed E-state index contributed by atoms with van der Waals surface area (Å²) in [6.07, 6.45) is 0.361. The highest BCUT2D eigenvalue weighted by Gasteiger charge is 2.34. The zero-order valence-electron chi connectivity index (χ0n) is 20.5. The summed E-state index contributed by atoms with van der Waals surface area (Å²) in [7, 11) is -2.61. The Kier molecular flexibility index (Phi) is 9.12. The van der Waals surface area contributed by atoms with Gasteiger partial charge in [-0.15, -0.1) is 0 Å². The van der Waals surface area contributed by atoms with E-state index < -0.39 is 28.5 Å². The van der Waals surface area contributed by atoms with Crippen molar-refractivity contribution < 1.29 is 18.0 Å². The van der Waals surface area contributed by atoms with Gasteiger partial charge in [0.15, 0.2) is 0 Å². The number of likely N-dealkylation sites (N-methyl/N-ethyl adjacent to an activating group) is 1. The Morgan fingerprint density at radius 3 is 2.14 bits per heavy atom. The van der Waals surface area contributed by atoms with E-state index in [1.54, 1.807) is 43.3 Å². The predicted molar refractivity (Wildman–Crippen MR) is 142 cm³/mol. The van der Waals surface area contributed by atoms with Crippen molar-refractivity contribution in [3.8, 4) is 0 Å². The summed E-state index contributed by atoms with van der Waals surface area (Å²) in [6, 6.07) is 21.3. The van der Waals surface area contributed by atoms with E-state index in [0.717, 1.165) is 9.87 Å². The molecule has 0 aromatic heterocycles. The number of nitrogens with zero attached hydrogens (tertiary/aromatic N) is 2. The molecule has 0 bridgehead atoms. The van der Waals surface area contributed by atoms with Crippen LogP contribution in [0.25, 0.3) is 0 Å². The predicted octanol–water partition coefficient (Wildman–Crippen LogP) is 4.40. The number of carbonyl (C=O) groups is 2. The van der Waals surface area contributed by atoms with Gasteiger partial charge in [0, 0.05) is 18.6 Å². The fraction of sp³-hybridized carbons (Fsp3) is 0.259. The Balaban J connectivity index is 2.09. The third-order valence-corrected chi connectivity index (χ3v) is 8.13. The number of rotatable bonds is 10. The number of amides is 2. The molecule has 0 saturated carbocycles. The van der Waals surface area contributed by atoms with Crippen LogP contribution in [0.1, 0.15) is 24.5 Å². The Morgan fingerprint density at radius 1 is 0.944 bits per heavy atom. The fourth-order valence-corrected chi connectivity index (χ4v) is 5.63. The van der Waals surface area contributed by atoms with Crippen LogP contribution in [0.2, 0.25) is 5.02 Å².